The molecule has 1 aromatic carbocycles. The van der Waals surface area contributed by atoms with Crippen LogP contribution in [0, 0.1) is 0 Å². The first-order valence-corrected chi connectivity index (χ1v) is 8.22. The number of aromatic nitrogens is 4. The number of nitrogens with two attached hydrogens (primary N) is 1. The largest absolute Gasteiger partial charge is 0.493 e. The van der Waals surface area contributed by atoms with Gasteiger partial charge in [-0.05, 0) is 12.1 Å². The fourth-order valence-electron chi connectivity index (χ4n) is 2.67. The number of halogens is 3. The van der Waals surface area contributed by atoms with E-state index in [1.54, 1.807) is 0 Å². The average molecular weight is 367 g/mol. The van der Waals surface area contributed by atoms with Gasteiger partial charge in [-0.25, -0.2) is 9.67 Å². The lowest BCUT2D eigenvalue weighted by atomic mass is 10.1. The standard InChI is InChI=1S/C15H12F3N5OS/c16-15(17,18)7-23-12(21-14(19)22-23)13-20-11-8-3-1-2-4-9(8)24-6-5-10(11)25-13/h1-4H,5-7H2,(H2,19,22). The molecule has 0 spiro atoms. The van der Waals surface area contributed by atoms with Crippen LogP contribution in [0.2, 0.25) is 0 Å². The molecule has 0 saturated heterocycles. The molecule has 1 aliphatic rings. The Morgan fingerprint density at radius 2 is 2.04 bits per heavy atom. The monoisotopic (exact) mass is 367 g/mol. The van der Waals surface area contributed by atoms with Crippen LogP contribution in [0.5, 0.6) is 5.75 Å². The molecule has 0 bridgehead atoms. The molecular weight excluding hydrogens is 355 g/mol. The lowest BCUT2D eigenvalue weighted by Crippen LogP contribution is -2.19. The number of anilines is 1. The third-order valence-electron chi connectivity index (χ3n) is 3.63. The minimum absolute atomic E-state index is 0.0197. The second-order valence-electron chi connectivity index (χ2n) is 5.45. The molecule has 0 radical (unpaired) electrons. The summed E-state index contributed by atoms with van der Waals surface area (Å²) in [5, 5.41) is 4.00. The third-order valence-corrected chi connectivity index (χ3v) is 4.75. The molecule has 0 amide bonds. The van der Waals surface area contributed by atoms with E-state index in [4.69, 9.17) is 10.5 Å². The van der Waals surface area contributed by atoms with E-state index in [0.717, 1.165) is 15.1 Å². The molecule has 10 heteroatoms. The summed E-state index contributed by atoms with van der Waals surface area (Å²) in [7, 11) is 0. The van der Waals surface area contributed by atoms with E-state index in [1.165, 1.54) is 11.3 Å². The third kappa shape index (κ3) is 3.04. The molecule has 25 heavy (non-hydrogen) atoms. The molecular formula is C15H12F3N5OS. The summed E-state index contributed by atoms with van der Waals surface area (Å²) < 4.78 is 44.7. The number of hydrogen-bond acceptors (Lipinski definition) is 6. The lowest BCUT2D eigenvalue weighted by Gasteiger charge is -2.07. The van der Waals surface area contributed by atoms with Gasteiger partial charge in [0.25, 0.3) is 0 Å². The van der Waals surface area contributed by atoms with Crippen molar-refractivity contribution in [3.05, 3.63) is 29.1 Å². The van der Waals surface area contributed by atoms with Crippen molar-refractivity contribution in [3.63, 3.8) is 0 Å². The fraction of sp³-hybridized carbons (Fsp3) is 0.267. The number of nitrogens with zero attached hydrogens (tertiary/aromatic N) is 4. The summed E-state index contributed by atoms with van der Waals surface area (Å²) in [6.07, 6.45) is -3.81. The number of rotatable bonds is 2. The molecule has 4 rings (SSSR count). The first-order valence-electron chi connectivity index (χ1n) is 7.40. The molecule has 2 aromatic heterocycles. The molecule has 3 aromatic rings. The first kappa shape index (κ1) is 15.9. The van der Waals surface area contributed by atoms with Crippen LogP contribution in [0.3, 0.4) is 0 Å². The number of para-hydroxylation sites is 1. The highest BCUT2D eigenvalue weighted by Crippen LogP contribution is 2.40. The number of hydrogen-bond donors (Lipinski definition) is 1. The van der Waals surface area contributed by atoms with Gasteiger partial charge in [-0.3, -0.25) is 0 Å². The maximum absolute atomic E-state index is 12.8. The van der Waals surface area contributed by atoms with Crippen LogP contribution in [0.25, 0.3) is 22.1 Å². The second kappa shape index (κ2) is 5.73. The highest BCUT2D eigenvalue weighted by molar-refractivity contribution is 7.15. The number of alkyl halides is 3. The van der Waals surface area contributed by atoms with E-state index in [-0.39, 0.29) is 11.8 Å². The highest BCUT2D eigenvalue weighted by Gasteiger charge is 2.31. The van der Waals surface area contributed by atoms with Crippen molar-refractivity contribution < 1.29 is 17.9 Å². The normalized spacial score (nSPS) is 13.7. The average Bonchev–Trinajstić information content (AvgIpc) is 3.05. The number of fused-ring (bicyclic) bond motifs is 3. The van der Waals surface area contributed by atoms with E-state index in [2.05, 4.69) is 15.1 Å². The van der Waals surface area contributed by atoms with Gasteiger partial charge in [0.05, 0.1) is 12.3 Å². The zero-order chi connectivity index (χ0) is 17.6. The van der Waals surface area contributed by atoms with Crippen molar-refractivity contribution in [3.8, 4) is 27.8 Å². The summed E-state index contributed by atoms with van der Waals surface area (Å²) in [5.74, 6) is 0.508. The predicted octanol–water partition coefficient (Wildman–Crippen LogP) is 3.15. The topological polar surface area (TPSA) is 78.9 Å². The maximum Gasteiger partial charge on any atom is 0.408 e. The van der Waals surface area contributed by atoms with Crippen LogP contribution < -0.4 is 10.5 Å². The smallest absolute Gasteiger partial charge is 0.408 e. The summed E-state index contributed by atoms with van der Waals surface area (Å²) in [6, 6.07) is 7.43. The van der Waals surface area contributed by atoms with Gasteiger partial charge < -0.3 is 10.5 Å². The van der Waals surface area contributed by atoms with Crippen LogP contribution in [0.15, 0.2) is 24.3 Å². The first-order chi connectivity index (χ1) is 11.9. The van der Waals surface area contributed by atoms with E-state index in [1.807, 2.05) is 24.3 Å². The van der Waals surface area contributed by atoms with Crippen LogP contribution in [0.1, 0.15) is 4.88 Å². The van der Waals surface area contributed by atoms with Crippen molar-refractivity contribution in [2.75, 3.05) is 12.3 Å². The molecule has 0 atom stereocenters. The predicted molar refractivity (Wildman–Crippen MR) is 86.2 cm³/mol. The Morgan fingerprint density at radius 1 is 1.24 bits per heavy atom. The Balaban J connectivity index is 1.81. The molecule has 0 saturated carbocycles. The number of benzene rings is 1. The number of ether oxygens (including phenoxy) is 1. The molecule has 0 unspecified atom stereocenters. The summed E-state index contributed by atoms with van der Waals surface area (Å²) in [5.41, 5.74) is 7.02. The van der Waals surface area contributed by atoms with Crippen LogP contribution in [0.4, 0.5) is 19.1 Å². The van der Waals surface area contributed by atoms with Crippen molar-refractivity contribution in [2.24, 2.45) is 0 Å². The van der Waals surface area contributed by atoms with Gasteiger partial charge in [0.15, 0.2) is 10.8 Å². The van der Waals surface area contributed by atoms with Gasteiger partial charge in [-0.2, -0.15) is 18.2 Å². The van der Waals surface area contributed by atoms with Crippen molar-refractivity contribution in [2.45, 2.75) is 19.1 Å². The SMILES string of the molecule is Nc1nc(-c2nc3c(s2)CCOc2ccccc2-3)n(CC(F)(F)F)n1. The molecule has 3 heterocycles. The van der Waals surface area contributed by atoms with E-state index in [9.17, 15) is 13.2 Å². The molecule has 1 aliphatic heterocycles. The number of nitrogen functional groups attached to an aromatic ring is 1. The molecule has 130 valence electrons. The summed E-state index contributed by atoms with van der Waals surface area (Å²) in [4.78, 5) is 9.38. The minimum Gasteiger partial charge on any atom is -0.493 e. The molecule has 0 fully saturated rings. The molecule has 2 N–H and O–H groups in total. The highest BCUT2D eigenvalue weighted by atomic mass is 32.1. The van der Waals surface area contributed by atoms with Crippen LogP contribution in [-0.4, -0.2) is 32.5 Å². The van der Waals surface area contributed by atoms with Crippen LogP contribution >= 0.6 is 11.3 Å². The Labute approximate surface area is 144 Å². The van der Waals surface area contributed by atoms with Crippen LogP contribution in [-0.2, 0) is 13.0 Å². The van der Waals surface area contributed by atoms with Gasteiger partial charge in [-0.1, -0.05) is 12.1 Å². The Morgan fingerprint density at radius 3 is 2.84 bits per heavy atom. The van der Waals surface area contributed by atoms with E-state index >= 15 is 0 Å². The Hall–Kier alpha value is -2.62. The summed E-state index contributed by atoms with van der Waals surface area (Å²) >= 11 is 1.28. The lowest BCUT2D eigenvalue weighted by molar-refractivity contribution is -0.142. The zero-order valence-corrected chi connectivity index (χ0v) is 13.6. The summed E-state index contributed by atoms with van der Waals surface area (Å²) in [6.45, 7) is -0.792. The van der Waals surface area contributed by atoms with E-state index < -0.39 is 12.7 Å². The zero-order valence-electron chi connectivity index (χ0n) is 12.7. The molecule has 6 nitrogen and oxygen atoms in total. The maximum atomic E-state index is 12.8. The number of thiazole rings is 1. The molecule has 0 aliphatic carbocycles. The quantitative estimate of drug-likeness (QED) is 0.753. The van der Waals surface area contributed by atoms with Crippen molar-refractivity contribution in [1.29, 1.82) is 0 Å². The Bertz CT molecular complexity index is 934. The van der Waals surface area contributed by atoms with Gasteiger partial charge in [-0.15, -0.1) is 16.4 Å². The van der Waals surface area contributed by atoms with E-state index in [0.29, 0.717) is 29.5 Å². The van der Waals surface area contributed by atoms with Crippen molar-refractivity contribution in [1.82, 2.24) is 19.7 Å². The van der Waals surface area contributed by atoms with Gasteiger partial charge in [0.2, 0.25) is 5.95 Å². The van der Waals surface area contributed by atoms with Gasteiger partial charge >= 0.3 is 6.18 Å². The Kier molecular flexibility index (Phi) is 3.64. The van der Waals surface area contributed by atoms with Crippen molar-refractivity contribution >= 4 is 17.3 Å². The second-order valence-corrected chi connectivity index (χ2v) is 6.54. The van der Waals surface area contributed by atoms with Gasteiger partial charge in [0.1, 0.15) is 12.3 Å². The fourth-order valence-corrected chi connectivity index (χ4v) is 3.72. The minimum atomic E-state index is -4.43. The van der Waals surface area contributed by atoms with Gasteiger partial charge in [0, 0.05) is 16.9 Å².